The van der Waals surface area contributed by atoms with E-state index in [9.17, 15) is 4.79 Å². The van der Waals surface area contributed by atoms with E-state index in [2.05, 4.69) is 50.3 Å². The topological polar surface area (TPSA) is 95.1 Å². The third-order valence-electron chi connectivity index (χ3n) is 6.68. The van der Waals surface area contributed by atoms with Gasteiger partial charge in [0.1, 0.15) is 18.0 Å². The van der Waals surface area contributed by atoms with Gasteiger partial charge in [-0.1, -0.05) is 56.3 Å². The van der Waals surface area contributed by atoms with Crippen LogP contribution in [0.5, 0.6) is 5.75 Å². The number of hydrogen-bond donors (Lipinski definition) is 2. The minimum atomic E-state index is 0.00827. The Kier molecular flexibility index (Phi) is 6.40. The van der Waals surface area contributed by atoms with Crippen LogP contribution in [-0.4, -0.2) is 27.0 Å². The lowest BCUT2D eigenvalue weighted by Crippen LogP contribution is -2.38. The van der Waals surface area contributed by atoms with Crippen molar-refractivity contribution in [2.24, 2.45) is 11.8 Å². The molecule has 4 aromatic rings. The molecule has 2 heterocycles. The lowest BCUT2D eigenvalue weighted by Gasteiger charge is -2.36. The Morgan fingerprint density at radius 1 is 1.17 bits per heavy atom. The minimum Gasteiger partial charge on any atom is -0.489 e. The summed E-state index contributed by atoms with van der Waals surface area (Å²) >= 11 is 0. The van der Waals surface area contributed by atoms with Crippen LogP contribution in [0.3, 0.4) is 0 Å². The molecule has 0 bridgehead atoms. The first kappa shape index (κ1) is 22.9. The summed E-state index contributed by atoms with van der Waals surface area (Å²) in [6, 6.07) is 18.6. The highest BCUT2D eigenvalue weighted by Crippen LogP contribution is 2.42. The quantitative estimate of drug-likeness (QED) is 0.379. The molecule has 1 saturated carbocycles. The van der Waals surface area contributed by atoms with Crippen LogP contribution in [0.2, 0.25) is 0 Å². The number of aromatic nitrogens is 3. The molecule has 0 aliphatic heterocycles. The van der Waals surface area contributed by atoms with Crippen LogP contribution in [0.25, 0.3) is 22.2 Å². The average Bonchev–Trinajstić information content (AvgIpc) is 3.20. The molecular formula is C28H31N5O2. The zero-order valence-corrected chi connectivity index (χ0v) is 20.1. The van der Waals surface area contributed by atoms with Crippen LogP contribution in [0.4, 0.5) is 5.95 Å². The van der Waals surface area contributed by atoms with E-state index in [4.69, 9.17) is 10.5 Å². The Bertz CT molecular complexity index is 1330. The second-order valence-electron chi connectivity index (χ2n) is 9.61. The average molecular weight is 470 g/mol. The molecule has 0 radical (unpaired) electrons. The van der Waals surface area contributed by atoms with E-state index in [1.54, 1.807) is 6.20 Å². The molecule has 1 aliphatic rings. The summed E-state index contributed by atoms with van der Waals surface area (Å²) in [5.41, 5.74) is 10.0. The van der Waals surface area contributed by atoms with Gasteiger partial charge in [0.2, 0.25) is 11.9 Å². The fraction of sp³-hybridized carbons (Fsp3) is 0.321. The first-order chi connectivity index (χ1) is 17.0. The SMILES string of the molecule is CC(C)C(=O)NC[C@H]1C[C@@H](n2cc(-c3cccc(OCc4ccccc4)c3)c3cnc(N)nc32)C1. The number of nitrogen functional groups attached to an aromatic ring is 1. The Balaban J connectivity index is 1.36. The van der Waals surface area contributed by atoms with Crippen LogP contribution >= 0.6 is 0 Å². The van der Waals surface area contributed by atoms with Gasteiger partial charge in [0.05, 0.1) is 0 Å². The first-order valence-corrected chi connectivity index (χ1v) is 12.2. The van der Waals surface area contributed by atoms with Gasteiger partial charge in [-0.25, -0.2) is 4.98 Å². The van der Waals surface area contributed by atoms with Crippen molar-refractivity contribution in [2.45, 2.75) is 39.3 Å². The lowest BCUT2D eigenvalue weighted by atomic mass is 9.80. The molecule has 0 spiro atoms. The van der Waals surface area contributed by atoms with Crippen molar-refractivity contribution < 1.29 is 9.53 Å². The molecule has 1 aliphatic carbocycles. The number of nitrogens with one attached hydrogen (secondary N) is 1. The molecule has 1 fully saturated rings. The van der Waals surface area contributed by atoms with Crippen LogP contribution in [0.15, 0.2) is 67.0 Å². The third-order valence-corrected chi connectivity index (χ3v) is 6.68. The standard InChI is InChI=1S/C28H31N5O2/c1-18(2)27(34)30-14-20-11-22(12-20)33-16-25(24-15-31-28(29)32-26(24)33)21-9-6-10-23(13-21)35-17-19-7-4-3-5-8-19/h3-10,13,15-16,18,20,22H,11-12,14,17H2,1-2H3,(H,30,34)(H2,29,31,32)/t20-,22+. The minimum absolute atomic E-state index is 0.00827. The molecule has 7 nitrogen and oxygen atoms in total. The van der Waals surface area contributed by atoms with Crippen molar-refractivity contribution in [3.05, 3.63) is 72.6 Å². The van der Waals surface area contributed by atoms with Crippen molar-refractivity contribution in [3.63, 3.8) is 0 Å². The number of fused-ring (bicyclic) bond motifs is 1. The number of rotatable bonds is 8. The van der Waals surface area contributed by atoms with Crippen molar-refractivity contribution >= 4 is 22.9 Å². The van der Waals surface area contributed by atoms with E-state index < -0.39 is 0 Å². The zero-order valence-electron chi connectivity index (χ0n) is 20.1. The number of nitrogens with zero attached hydrogens (tertiary/aromatic N) is 3. The Morgan fingerprint density at radius 3 is 2.74 bits per heavy atom. The number of amides is 1. The summed E-state index contributed by atoms with van der Waals surface area (Å²) in [6.07, 6.45) is 5.94. The van der Waals surface area contributed by atoms with Gasteiger partial charge in [0.15, 0.2) is 0 Å². The van der Waals surface area contributed by atoms with Crippen LogP contribution in [-0.2, 0) is 11.4 Å². The van der Waals surface area contributed by atoms with Crippen molar-refractivity contribution in [3.8, 4) is 16.9 Å². The molecule has 0 unspecified atom stereocenters. The summed E-state index contributed by atoms with van der Waals surface area (Å²) in [6.45, 7) is 5.07. The number of carbonyl (C=O) groups excluding carboxylic acids is 1. The van der Waals surface area contributed by atoms with Crippen molar-refractivity contribution in [2.75, 3.05) is 12.3 Å². The van der Waals surface area contributed by atoms with E-state index >= 15 is 0 Å². The predicted octanol–water partition coefficient (Wildman–Crippen LogP) is 4.98. The molecule has 1 amide bonds. The van der Waals surface area contributed by atoms with Gasteiger partial charge in [0.25, 0.3) is 0 Å². The highest BCUT2D eigenvalue weighted by atomic mass is 16.5. The molecule has 180 valence electrons. The van der Waals surface area contributed by atoms with Gasteiger partial charge in [0, 0.05) is 41.8 Å². The number of benzene rings is 2. The van der Waals surface area contributed by atoms with Gasteiger partial charge in [-0.2, -0.15) is 4.98 Å². The fourth-order valence-electron chi connectivity index (χ4n) is 4.59. The van der Waals surface area contributed by atoms with Gasteiger partial charge < -0.3 is 20.4 Å². The summed E-state index contributed by atoms with van der Waals surface area (Å²) in [5, 5.41) is 4.02. The second-order valence-corrected chi connectivity index (χ2v) is 9.61. The Morgan fingerprint density at radius 2 is 1.97 bits per heavy atom. The van der Waals surface area contributed by atoms with Gasteiger partial charge in [-0.05, 0) is 42.0 Å². The maximum Gasteiger partial charge on any atom is 0.222 e. The first-order valence-electron chi connectivity index (χ1n) is 12.2. The van der Waals surface area contributed by atoms with Crippen LogP contribution in [0.1, 0.15) is 38.3 Å². The molecule has 0 atom stereocenters. The summed E-state index contributed by atoms with van der Waals surface area (Å²) < 4.78 is 8.28. The van der Waals surface area contributed by atoms with E-state index in [0.29, 0.717) is 18.6 Å². The summed E-state index contributed by atoms with van der Waals surface area (Å²) in [4.78, 5) is 20.7. The highest BCUT2D eigenvalue weighted by molar-refractivity contribution is 5.94. The molecule has 35 heavy (non-hydrogen) atoms. The molecule has 7 heteroatoms. The maximum atomic E-state index is 11.9. The van der Waals surface area contributed by atoms with E-state index in [1.807, 2.05) is 44.2 Å². The molecule has 3 N–H and O–H groups in total. The lowest BCUT2D eigenvalue weighted by molar-refractivity contribution is -0.124. The predicted molar refractivity (Wildman–Crippen MR) is 138 cm³/mol. The smallest absolute Gasteiger partial charge is 0.222 e. The monoisotopic (exact) mass is 469 g/mol. The number of nitrogens with two attached hydrogens (primary N) is 1. The summed E-state index contributed by atoms with van der Waals surface area (Å²) in [5.74, 6) is 1.67. The van der Waals surface area contributed by atoms with E-state index in [0.717, 1.165) is 52.9 Å². The number of ether oxygens (including phenoxy) is 1. The third kappa shape index (κ3) is 4.99. The number of carbonyl (C=O) groups is 1. The maximum absolute atomic E-state index is 11.9. The molecular weight excluding hydrogens is 438 g/mol. The Hall–Kier alpha value is -3.87. The second kappa shape index (κ2) is 9.78. The molecule has 2 aromatic heterocycles. The zero-order chi connectivity index (χ0) is 24.4. The molecule has 5 rings (SSSR count). The molecule has 0 saturated heterocycles. The number of hydrogen-bond acceptors (Lipinski definition) is 5. The Labute approximate surface area is 205 Å². The van der Waals surface area contributed by atoms with Crippen molar-refractivity contribution in [1.82, 2.24) is 19.9 Å². The van der Waals surface area contributed by atoms with Gasteiger partial charge in [-0.15, -0.1) is 0 Å². The van der Waals surface area contributed by atoms with E-state index in [1.165, 1.54) is 0 Å². The molecule has 2 aromatic carbocycles. The van der Waals surface area contributed by atoms with Gasteiger partial charge >= 0.3 is 0 Å². The normalized spacial score (nSPS) is 17.3. The largest absolute Gasteiger partial charge is 0.489 e. The summed E-state index contributed by atoms with van der Waals surface area (Å²) in [7, 11) is 0. The van der Waals surface area contributed by atoms with Gasteiger partial charge in [-0.3, -0.25) is 4.79 Å². The van der Waals surface area contributed by atoms with Crippen LogP contribution < -0.4 is 15.8 Å². The highest BCUT2D eigenvalue weighted by Gasteiger charge is 2.32. The number of anilines is 1. The van der Waals surface area contributed by atoms with Crippen molar-refractivity contribution in [1.29, 1.82) is 0 Å². The van der Waals surface area contributed by atoms with E-state index in [-0.39, 0.29) is 17.8 Å². The fourth-order valence-corrected chi connectivity index (χ4v) is 4.59. The van der Waals surface area contributed by atoms with Crippen LogP contribution in [0, 0.1) is 11.8 Å².